The van der Waals surface area contributed by atoms with Crippen molar-refractivity contribution >= 4 is 10.8 Å². The summed E-state index contributed by atoms with van der Waals surface area (Å²) >= 11 is 0. The van der Waals surface area contributed by atoms with E-state index in [9.17, 15) is 4.39 Å². The van der Waals surface area contributed by atoms with Crippen molar-refractivity contribution in [2.75, 3.05) is 0 Å². The second kappa shape index (κ2) is 2.44. The van der Waals surface area contributed by atoms with Crippen molar-refractivity contribution in [3.8, 4) is 5.75 Å². The highest BCUT2D eigenvalue weighted by molar-refractivity contribution is 5.83. The highest BCUT2D eigenvalue weighted by Crippen LogP contribution is 2.20. The molecular weight excluding hydrogens is 157 g/mol. The summed E-state index contributed by atoms with van der Waals surface area (Å²) in [5, 5.41) is 10.1. The lowest BCUT2D eigenvalue weighted by atomic mass is 10.2. The molecule has 60 valence electrons. The molecule has 0 fully saturated rings. The standard InChI is InChI=1S/C9H6FNO/c10-9-5-11-4-6-1-2-7(12)3-8(6)9/h1-5,12H. The quantitative estimate of drug-likeness (QED) is 0.645. The van der Waals surface area contributed by atoms with Crippen molar-refractivity contribution in [3.63, 3.8) is 0 Å². The molecule has 0 amide bonds. The van der Waals surface area contributed by atoms with Crippen LogP contribution in [0.4, 0.5) is 4.39 Å². The van der Waals surface area contributed by atoms with Crippen molar-refractivity contribution in [2.24, 2.45) is 0 Å². The number of fused-ring (bicyclic) bond motifs is 1. The molecule has 1 aromatic heterocycles. The summed E-state index contributed by atoms with van der Waals surface area (Å²) < 4.78 is 13.0. The summed E-state index contributed by atoms with van der Waals surface area (Å²) in [7, 11) is 0. The molecule has 0 saturated carbocycles. The molecule has 0 aliphatic heterocycles. The van der Waals surface area contributed by atoms with Gasteiger partial charge in [-0.1, -0.05) is 0 Å². The van der Waals surface area contributed by atoms with Gasteiger partial charge in [0.2, 0.25) is 0 Å². The number of halogens is 1. The monoisotopic (exact) mass is 163 g/mol. The first-order valence-corrected chi connectivity index (χ1v) is 3.49. The first-order chi connectivity index (χ1) is 5.77. The zero-order chi connectivity index (χ0) is 8.55. The Morgan fingerprint density at radius 1 is 1.25 bits per heavy atom. The van der Waals surface area contributed by atoms with Crippen LogP contribution in [0.1, 0.15) is 0 Å². The molecule has 2 rings (SSSR count). The van der Waals surface area contributed by atoms with E-state index in [0.29, 0.717) is 10.8 Å². The number of phenolic OH excluding ortho intramolecular Hbond substituents is 1. The Labute approximate surface area is 68.3 Å². The second-order valence-electron chi connectivity index (χ2n) is 2.53. The van der Waals surface area contributed by atoms with E-state index in [1.807, 2.05) is 0 Å². The van der Waals surface area contributed by atoms with E-state index in [1.54, 1.807) is 12.3 Å². The maximum Gasteiger partial charge on any atom is 0.149 e. The maximum absolute atomic E-state index is 13.0. The zero-order valence-corrected chi connectivity index (χ0v) is 6.16. The molecule has 0 atom stereocenters. The Hall–Kier alpha value is -1.64. The molecule has 2 aromatic rings. The third-order valence-electron chi connectivity index (χ3n) is 1.70. The smallest absolute Gasteiger partial charge is 0.149 e. The van der Waals surface area contributed by atoms with Crippen LogP contribution in [0.2, 0.25) is 0 Å². The summed E-state index contributed by atoms with van der Waals surface area (Å²) in [6.07, 6.45) is 2.68. The van der Waals surface area contributed by atoms with Crippen molar-refractivity contribution in [1.29, 1.82) is 0 Å². The van der Waals surface area contributed by atoms with Crippen LogP contribution < -0.4 is 0 Å². The van der Waals surface area contributed by atoms with Crippen LogP contribution in [0.25, 0.3) is 10.8 Å². The van der Waals surface area contributed by atoms with E-state index < -0.39 is 5.82 Å². The minimum Gasteiger partial charge on any atom is -0.508 e. The summed E-state index contributed by atoms with van der Waals surface area (Å²) in [5.74, 6) is -0.351. The van der Waals surface area contributed by atoms with E-state index in [4.69, 9.17) is 5.11 Å². The SMILES string of the molecule is Oc1ccc2cncc(F)c2c1. The van der Waals surface area contributed by atoms with Crippen LogP contribution in [0.5, 0.6) is 5.75 Å². The number of benzene rings is 1. The highest BCUT2D eigenvalue weighted by Gasteiger charge is 2.00. The van der Waals surface area contributed by atoms with Gasteiger partial charge >= 0.3 is 0 Å². The van der Waals surface area contributed by atoms with E-state index >= 15 is 0 Å². The minimum absolute atomic E-state index is 0.0626. The third kappa shape index (κ3) is 0.993. The van der Waals surface area contributed by atoms with Gasteiger partial charge in [-0.25, -0.2) is 4.39 Å². The van der Waals surface area contributed by atoms with Gasteiger partial charge in [0, 0.05) is 17.0 Å². The normalized spacial score (nSPS) is 10.4. The average molecular weight is 163 g/mol. The van der Waals surface area contributed by atoms with Gasteiger partial charge in [0.1, 0.15) is 11.6 Å². The Bertz CT molecular complexity index is 428. The average Bonchev–Trinajstić information content (AvgIpc) is 2.07. The molecule has 0 unspecified atom stereocenters. The largest absolute Gasteiger partial charge is 0.508 e. The lowest BCUT2D eigenvalue weighted by Crippen LogP contribution is -1.81. The molecule has 0 radical (unpaired) electrons. The molecule has 1 aromatic carbocycles. The highest BCUT2D eigenvalue weighted by atomic mass is 19.1. The molecule has 0 saturated heterocycles. The number of hydrogen-bond donors (Lipinski definition) is 1. The van der Waals surface area contributed by atoms with Gasteiger partial charge in [0.15, 0.2) is 0 Å². The van der Waals surface area contributed by atoms with Crippen molar-refractivity contribution in [3.05, 3.63) is 36.4 Å². The van der Waals surface area contributed by atoms with Gasteiger partial charge in [-0.2, -0.15) is 0 Å². The Morgan fingerprint density at radius 2 is 2.08 bits per heavy atom. The molecule has 3 heteroatoms. The number of aromatic nitrogens is 1. The summed E-state index contributed by atoms with van der Waals surface area (Å²) in [6.45, 7) is 0. The fraction of sp³-hybridized carbons (Fsp3) is 0. The van der Waals surface area contributed by atoms with Crippen LogP contribution in [0, 0.1) is 5.82 Å². The van der Waals surface area contributed by atoms with E-state index in [0.717, 1.165) is 6.20 Å². The van der Waals surface area contributed by atoms with Crippen molar-refractivity contribution in [2.45, 2.75) is 0 Å². The first kappa shape index (κ1) is 7.03. The molecule has 0 bridgehead atoms. The molecule has 12 heavy (non-hydrogen) atoms. The number of rotatable bonds is 0. The number of nitrogens with zero attached hydrogens (tertiary/aromatic N) is 1. The molecule has 0 aliphatic rings. The van der Waals surface area contributed by atoms with Gasteiger partial charge < -0.3 is 5.11 Å². The van der Waals surface area contributed by atoms with Crippen molar-refractivity contribution in [1.82, 2.24) is 4.98 Å². The number of pyridine rings is 1. The van der Waals surface area contributed by atoms with Gasteiger partial charge in [-0.3, -0.25) is 4.98 Å². The lowest BCUT2D eigenvalue weighted by molar-refractivity contribution is 0.476. The van der Waals surface area contributed by atoms with Gasteiger partial charge in [-0.05, 0) is 18.2 Å². The molecule has 0 spiro atoms. The Morgan fingerprint density at radius 3 is 2.92 bits per heavy atom. The van der Waals surface area contributed by atoms with E-state index in [1.165, 1.54) is 12.1 Å². The minimum atomic E-state index is -0.414. The van der Waals surface area contributed by atoms with Crippen LogP contribution >= 0.6 is 0 Å². The summed E-state index contributed by atoms with van der Waals surface area (Å²) in [6, 6.07) is 4.51. The van der Waals surface area contributed by atoms with E-state index in [2.05, 4.69) is 4.98 Å². The topological polar surface area (TPSA) is 33.1 Å². The van der Waals surface area contributed by atoms with Gasteiger partial charge in [0.25, 0.3) is 0 Å². The Kier molecular flexibility index (Phi) is 1.43. The van der Waals surface area contributed by atoms with Crippen molar-refractivity contribution < 1.29 is 9.50 Å². The first-order valence-electron chi connectivity index (χ1n) is 3.49. The van der Waals surface area contributed by atoms with Crippen LogP contribution in [-0.2, 0) is 0 Å². The van der Waals surface area contributed by atoms with Gasteiger partial charge in [0.05, 0.1) is 6.20 Å². The molecule has 0 aliphatic carbocycles. The van der Waals surface area contributed by atoms with Crippen LogP contribution in [0.15, 0.2) is 30.6 Å². The number of aromatic hydroxyl groups is 1. The zero-order valence-electron chi connectivity index (χ0n) is 6.16. The number of hydrogen-bond acceptors (Lipinski definition) is 2. The Balaban J connectivity index is 2.88. The third-order valence-corrected chi connectivity index (χ3v) is 1.70. The fourth-order valence-electron chi connectivity index (χ4n) is 1.12. The fourth-order valence-corrected chi connectivity index (χ4v) is 1.12. The summed E-state index contributed by atoms with van der Waals surface area (Å²) in [5.41, 5.74) is 0. The predicted molar refractivity (Wildman–Crippen MR) is 43.4 cm³/mol. The summed E-state index contributed by atoms with van der Waals surface area (Å²) in [4.78, 5) is 3.69. The lowest BCUT2D eigenvalue weighted by Gasteiger charge is -1.98. The molecule has 1 heterocycles. The van der Waals surface area contributed by atoms with Gasteiger partial charge in [-0.15, -0.1) is 0 Å². The van der Waals surface area contributed by atoms with E-state index in [-0.39, 0.29) is 5.75 Å². The van der Waals surface area contributed by atoms with Crippen LogP contribution in [-0.4, -0.2) is 10.1 Å². The molecule has 2 nitrogen and oxygen atoms in total. The predicted octanol–water partition coefficient (Wildman–Crippen LogP) is 2.08. The second-order valence-corrected chi connectivity index (χ2v) is 2.53. The van der Waals surface area contributed by atoms with Crippen LogP contribution in [0.3, 0.4) is 0 Å². The maximum atomic E-state index is 13.0. The number of phenols is 1. The molecular formula is C9H6FNO. The molecule has 1 N–H and O–H groups in total.